The van der Waals surface area contributed by atoms with E-state index in [0.29, 0.717) is 30.8 Å². The Morgan fingerprint density at radius 3 is 2.52 bits per heavy atom. The van der Waals surface area contributed by atoms with Crippen LogP contribution in [0.5, 0.6) is 0 Å². The van der Waals surface area contributed by atoms with Crippen LogP contribution >= 0.6 is 0 Å². The Kier molecular flexibility index (Phi) is 4.03. The van der Waals surface area contributed by atoms with E-state index in [9.17, 15) is 18.0 Å². The molecular weight excluding hydrogens is 281 g/mol. The predicted molar refractivity (Wildman–Crippen MR) is 71.5 cm³/mol. The number of hydrogen-bond acceptors (Lipinski definition) is 3. The number of carbonyl (C=O) groups excluding carboxylic acids is 1. The quantitative estimate of drug-likeness (QED) is 0.854. The molecule has 0 unspecified atom stereocenters. The topological polar surface area (TPSA) is 44.1 Å². The largest absolute Gasteiger partial charge is 0.417 e. The first-order chi connectivity index (χ1) is 9.86. The number of carbonyl (C=O) groups is 1. The molecule has 1 aliphatic rings. The standard InChI is InChI=1S/C15H13F3N2O/c1-2-20(11-5-6-13(21)7-11)12-4-3-10(9-19)14(8-12)15(16,17)18/h3-4,7-8H,2,5-6H2,1H3. The number of hydrogen-bond donors (Lipinski definition) is 0. The monoisotopic (exact) mass is 294 g/mol. The Balaban J connectivity index is 2.47. The normalized spacial score (nSPS) is 14.8. The smallest absolute Gasteiger partial charge is 0.345 e. The summed E-state index contributed by atoms with van der Waals surface area (Å²) in [5.41, 5.74) is -0.310. The summed E-state index contributed by atoms with van der Waals surface area (Å²) in [6.07, 6.45) is -2.21. The van der Waals surface area contributed by atoms with Crippen molar-refractivity contribution in [3.8, 4) is 6.07 Å². The molecule has 0 heterocycles. The van der Waals surface area contributed by atoms with Crippen LogP contribution in [0.2, 0.25) is 0 Å². The number of anilines is 1. The van der Waals surface area contributed by atoms with E-state index >= 15 is 0 Å². The van der Waals surface area contributed by atoms with Crippen LogP contribution < -0.4 is 4.90 Å². The Labute approximate surface area is 120 Å². The molecule has 0 spiro atoms. The maximum Gasteiger partial charge on any atom is 0.417 e. The second kappa shape index (κ2) is 5.60. The first-order valence-corrected chi connectivity index (χ1v) is 6.49. The number of nitrogens with zero attached hydrogens (tertiary/aromatic N) is 2. The van der Waals surface area contributed by atoms with E-state index in [4.69, 9.17) is 5.26 Å². The van der Waals surface area contributed by atoms with E-state index in [0.717, 1.165) is 12.1 Å². The SMILES string of the molecule is CCN(C1=CC(=O)CC1)c1ccc(C#N)c(C(F)(F)F)c1. The number of allylic oxidation sites excluding steroid dienone is 2. The highest BCUT2D eigenvalue weighted by atomic mass is 19.4. The molecule has 2 rings (SSSR count). The van der Waals surface area contributed by atoms with Gasteiger partial charge in [-0.1, -0.05) is 0 Å². The van der Waals surface area contributed by atoms with Gasteiger partial charge in [0.25, 0.3) is 0 Å². The van der Waals surface area contributed by atoms with Crippen molar-refractivity contribution in [3.63, 3.8) is 0 Å². The van der Waals surface area contributed by atoms with Crippen molar-refractivity contribution >= 4 is 11.5 Å². The van der Waals surface area contributed by atoms with Gasteiger partial charge in [-0.2, -0.15) is 18.4 Å². The van der Waals surface area contributed by atoms with Crippen molar-refractivity contribution in [3.05, 3.63) is 41.1 Å². The van der Waals surface area contributed by atoms with Crippen molar-refractivity contribution in [2.24, 2.45) is 0 Å². The van der Waals surface area contributed by atoms with Crippen LogP contribution in [0.3, 0.4) is 0 Å². The highest BCUT2D eigenvalue weighted by Gasteiger charge is 2.34. The van der Waals surface area contributed by atoms with Gasteiger partial charge in [0.1, 0.15) is 0 Å². The summed E-state index contributed by atoms with van der Waals surface area (Å²) in [5, 5.41) is 8.80. The Bertz CT molecular complexity index is 641. The van der Waals surface area contributed by atoms with Gasteiger partial charge < -0.3 is 4.90 Å². The van der Waals surface area contributed by atoms with Crippen LogP contribution in [0.1, 0.15) is 30.9 Å². The zero-order chi connectivity index (χ0) is 15.6. The highest BCUT2D eigenvalue weighted by molar-refractivity contribution is 5.93. The number of nitriles is 1. The lowest BCUT2D eigenvalue weighted by Crippen LogP contribution is -2.22. The third kappa shape index (κ3) is 3.07. The fraction of sp³-hybridized carbons (Fsp3) is 0.333. The Morgan fingerprint density at radius 2 is 2.05 bits per heavy atom. The van der Waals surface area contributed by atoms with Crippen molar-refractivity contribution < 1.29 is 18.0 Å². The fourth-order valence-electron chi connectivity index (χ4n) is 2.38. The Hall–Kier alpha value is -2.29. The molecule has 0 aromatic heterocycles. The lowest BCUT2D eigenvalue weighted by molar-refractivity contribution is -0.137. The molecule has 0 aliphatic heterocycles. The third-order valence-corrected chi connectivity index (χ3v) is 3.36. The molecular formula is C15H13F3N2O. The summed E-state index contributed by atoms with van der Waals surface area (Å²) in [4.78, 5) is 13.0. The minimum atomic E-state index is -4.58. The van der Waals surface area contributed by atoms with Gasteiger partial charge in [0, 0.05) is 30.4 Å². The van der Waals surface area contributed by atoms with Crippen LogP contribution in [0.15, 0.2) is 30.0 Å². The van der Waals surface area contributed by atoms with Crippen LogP contribution in [-0.2, 0) is 11.0 Å². The number of alkyl halides is 3. The zero-order valence-electron chi connectivity index (χ0n) is 11.4. The lowest BCUT2D eigenvalue weighted by atomic mass is 10.1. The highest BCUT2D eigenvalue weighted by Crippen LogP contribution is 2.35. The molecule has 0 N–H and O–H groups in total. The molecule has 1 aromatic rings. The number of halogens is 3. The first kappa shape index (κ1) is 15.1. The van der Waals surface area contributed by atoms with Gasteiger partial charge in [0.15, 0.2) is 5.78 Å². The molecule has 0 radical (unpaired) electrons. The summed E-state index contributed by atoms with van der Waals surface area (Å²) in [5.74, 6) is -0.0202. The van der Waals surface area contributed by atoms with E-state index in [1.807, 2.05) is 0 Å². The minimum Gasteiger partial charge on any atom is -0.345 e. The summed E-state index contributed by atoms with van der Waals surface area (Å²) < 4.78 is 39.0. The average Bonchev–Trinajstić information content (AvgIpc) is 2.85. The van der Waals surface area contributed by atoms with Crippen molar-refractivity contribution in [1.29, 1.82) is 5.26 Å². The predicted octanol–water partition coefficient (Wildman–Crippen LogP) is 3.65. The number of ketones is 1. The van der Waals surface area contributed by atoms with Gasteiger partial charge >= 0.3 is 6.18 Å². The van der Waals surface area contributed by atoms with E-state index < -0.39 is 17.3 Å². The molecule has 0 bridgehead atoms. The second-order valence-electron chi connectivity index (χ2n) is 4.69. The van der Waals surface area contributed by atoms with Crippen molar-refractivity contribution in [2.75, 3.05) is 11.4 Å². The van der Waals surface area contributed by atoms with Crippen LogP contribution in [0, 0.1) is 11.3 Å². The average molecular weight is 294 g/mol. The molecule has 0 amide bonds. The van der Waals surface area contributed by atoms with Gasteiger partial charge in [0.05, 0.1) is 17.2 Å². The van der Waals surface area contributed by atoms with Gasteiger partial charge in [-0.25, -0.2) is 0 Å². The summed E-state index contributed by atoms with van der Waals surface area (Å²) in [6, 6.07) is 5.16. The van der Waals surface area contributed by atoms with E-state index in [2.05, 4.69) is 0 Å². The van der Waals surface area contributed by atoms with E-state index in [1.54, 1.807) is 17.9 Å². The van der Waals surface area contributed by atoms with Gasteiger partial charge in [-0.3, -0.25) is 4.79 Å². The molecule has 0 saturated carbocycles. The second-order valence-corrected chi connectivity index (χ2v) is 4.69. The van der Waals surface area contributed by atoms with Crippen LogP contribution in [-0.4, -0.2) is 12.3 Å². The van der Waals surface area contributed by atoms with Gasteiger partial charge in [-0.05, 0) is 31.5 Å². The molecule has 0 atom stereocenters. The van der Waals surface area contributed by atoms with Gasteiger partial charge in [0.2, 0.25) is 0 Å². The summed E-state index contributed by atoms with van der Waals surface area (Å²) >= 11 is 0. The molecule has 0 saturated heterocycles. The van der Waals surface area contributed by atoms with Crippen LogP contribution in [0.25, 0.3) is 0 Å². The minimum absolute atomic E-state index is 0.0202. The summed E-state index contributed by atoms with van der Waals surface area (Å²) in [6.45, 7) is 2.25. The van der Waals surface area contributed by atoms with E-state index in [-0.39, 0.29) is 5.78 Å². The molecule has 3 nitrogen and oxygen atoms in total. The van der Waals surface area contributed by atoms with Crippen LogP contribution in [0.4, 0.5) is 18.9 Å². The first-order valence-electron chi connectivity index (χ1n) is 6.49. The molecule has 0 fully saturated rings. The van der Waals surface area contributed by atoms with E-state index in [1.165, 1.54) is 12.1 Å². The molecule has 110 valence electrons. The number of rotatable bonds is 3. The fourth-order valence-corrected chi connectivity index (χ4v) is 2.38. The lowest BCUT2D eigenvalue weighted by Gasteiger charge is -2.25. The molecule has 21 heavy (non-hydrogen) atoms. The molecule has 1 aliphatic carbocycles. The zero-order valence-corrected chi connectivity index (χ0v) is 11.4. The maximum atomic E-state index is 13.0. The molecule has 6 heteroatoms. The van der Waals surface area contributed by atoms with Gasteiger partial charge in [-0.15, -0.1) is 0 Å². The Morgan fingerprint density at radius 1 is 1.33 bits per heavy atom. The summed E-state index contributed by atoms with van der Waals surface area (Å²) in [7, 11) is 0. The number of benzene rings is 1. The van der Waals surface area contributed by atoms with Crippen molar-refractivity contribution in [2.45, 2.75) is 25.9 Å². The third-order valence-electron chi connectivity index (χ3n) is 3.36. The molecule has 1 aromatic carbocycles. The maximum absolute atomic E-state index is 13.0. The van der Waals surface area contributed by atoms with Crippen molar-refractivity contribution in [1.82, 2.24) is 0 Å².